The summed E-state index contributed by atoms with van der Waals surface area (Å²) in [5, 5.41) is 0. The van der Waals surface area contributed by atoms with Crippen molar-refractivity contribution in [1.82, 2.24) is 9.55 Å². The minimum atomic E-state index is -0.121. The van der Waals surface area contributed by atoms with Gasteiger partial charge in [-0.15, -0.1) is 0 Å². The van der Waals surface area contributed by atoms with Crippen LogP contribution < -0.4 is 4.90 Å². The van der Waals surface area contributed by atoms with Crippen molar-refractivity contribution in [2.75, 3.05) is 25.1 Å². The van der Waals surface area contributed by atoms with Gasteiger partial charge >= 0.3 is 5.97 Å². The van der Waals surface area contributed by atoms with E-state index in [-0.39, 0.29) is 11.9 Å². The number of imidazole rings is 1. The van der Waals surface area contributed by atoms with Crippen LogP contribution >= 0.6 is 0 Å². The van der Waals surface area contributed by atoms with Crippen LogP contribution in [0.1, 0.15) is 6.92 Å². The molecule has 0 bridgehead atoms. The minimum Gasteiger partial charge on any atom is -0.469 e. The Balaban J connectivity index is 2.12. The van der Waals surface area contributed by atoms with Crippen molar-refractivity contribution < 1.29 is 9.53 Å². The maximum atomic E-state index is 11.5. The molecule has 2 heterocycles. The number of esters is 1. The first kappa shape index (κ1) is 11.0. The van der Waals surface area contributed by atoms with E-state index in [4.69, 9.17) is 4.74 Å². The van der Waals surface area contributed by atoms with Crippen LogP contribution in [0.4, 0.5) is 5.95 Å². The van der Waals surface area contributed by atoms with Crippen molar-refractivity contribution in [2.45, 2.75) is 6.92 Å². The van der Waals surface area contributed by atoms with Gasteiger partial charge in [0.25, 0.3) is 0 Å². The number of methoxy groups -OCH3 is 1. The Kier molecular flexibility index (Phi) is 2.85. The Bertz CT molecular complexity index is 388. The van der Waals surface area contributed by atoms with Crippen molar-refractivity contribution in [1.29, 1.82) is 0 Å². The highest BCUT2D eigenvalue weighted by atomic mass is 16.5. The zero-order valence-electron chi connectivity index (χ0n) is 9.88. The Morgan fingerprint density at radius 1 is 1.56 bits per heavy atom. The maximum Gasteiger partial charge on any atom is 0.310 e. The fraction of sp³-hybridized carbons (Fsp3) is 0.636. The highest BCUT2D eigenvalue weighted by Gasteiger charge is 2.36. The Hall–Kier alpha value is -1.52. The summed E-state index contributed by atoms with van der Waals surface area (Å²) in [6, 6.07) is 0. The van der Waals surface area contributed by atoms with Crippen molar-refractivity contribution in [3.8, 4) is 0 Å². The average molecular weight is 223 g/mol. The summed E-state index contributed by atoms with van der Waals surface area (Å²) in [6.07, 6.45) is 3.68. The molecule has 0 saturated carbocycles. The number of hydrogen-bond acceptors (Lipinski definition) is 4. The molecule has 1 saturated heterocycles. The van der Waals surface area contributed by atoms with E-state index in [0.717, 1.165) is 12.5 Å². The van der Waals surface area contributed by atoms with E-state index in [2.05, 4.69) is 16.8 Å². The smallest absolute Gasteiger partial charge is 0.310 e. The standard InChI is InChI=1S/C11H17N3O2/c1-8-6-14(7-9(8)10(15)16-3)11-12-4-5-13(11)2/h4-5,8-9H,6-7H2,1-3H3. The van der Waals surface area contributed by atoms with Gasteiger partial charge in [-0.1, -0.05) is 6.92 Å². The molecule has 2 rings (SSSR count). The second-order valence-corrected chi connectivity index (χ2v) is 4.35. The number of nitrogens with zero attached hydrogens (tertiary/aromatic N) is 3. The van der Waals surface area contributed by atoms with E-state index in [1.807, 2.05) is 17.8 Å². The summed E-state index contributed by atoms with van der Waals surface area (Å²) < 4.78 is 6.77. The predicted octanol–water partition coefficient (Wildman–Crippen LogP) is 0.665. The molecule has 1 aromatic rings. The molecule has 5 nitrogen and oxygen atoms in total. The van der Waals surface area contributed by atoms with Crippen molar-refractivity contribution in [2.24, 2.45) is 18.9 Å². The first-order valence-electron chi connectivity index (χ1n) is 5.43. The quantitative estimate of drug-likeness (QED) is 0.691. The van der Waals surface area contributed by atoms with Crippen LogP contribution in [0.25, 0.3) is 0 Å². The van der Waals surface area contributed by atoms with Gasteiger partial charge in [0.2, 0.25) is 5.95 Å². The van der Waals surface area contributed by atoms with Crippen LogP contribution in [0.5, 0.6) is 0 Å². The second kappa shape index (κ2) is 4.15. The molecule has 5 heteroatoms. The molecule has 2 unspecified atom stereocenters. The molecule has 0 spiro atoms. The van der Waals surface area contributed by atoms with E-state index in [1.54, 1.807) is 6.20 Å². The number of rotatable bonds is 2. The maximum absolute atomic E-state index is 11.5. The van der Waals surface area contributed by atoms with Crippen molar-refractivity contribution in [3.63, 3.8) is 0 Å². The van der Waals surface area contributed by atoms with Gasteiger partial charge in [0.1, 0.15) is 0 Å². The first-order chi connectivity index (χ1) is 7.63. The SMILES string of the molecule is COC(=O)C1CN(c2nccn2C)CC1C. The molecule has 1 aliphatic rings. The van der Waals surface area contributed by atoms with Crippen molar-refractivity contribution >= 4 is 11.9 Å². The van der Waals surface area contributed by atoms with Crippen LogP contribution in [-0.4, -0.2) is 35.7 Å². The highest BCUT2D eigenvalue weighted by molar-refractivity contribution is 5.74. The minimum absolute atomic E-state index is 0.0401. The summed E-state index contributed by atoms with van der Waals surface area (Å²) in [4.78, 5) is 18.0. The normalized spacial score (nSPS) is 24.8. The Morgan fingerprint density at radius 3 is 2.88 bits per heavy atom. The van der Waals surface area contributed by atoms with Crippen LogP contribution in [-0.2, 0) is 16.6 Å². The van der Waals surface area contributed by atoms with Gasteiger partial charge in [-0.25, -0.2) is 4.98 Å². The number of ether oxygens (including phenoxy) is 1. The van der Waals surface area contributed by atoms with E-state index < -0.39 is 0 Å². The Morgan fingerprint density at radius 2 is 2.31 bits per heavy atom. The van der Waals surface area contributed by atoms with Crippen molar-refractivity contribution in [3.05, 3.63) is 12.4 Å². The molecule has 88 valence electrons. The molecule has 0 amide bonds. The molecular weight excluding hydrogens is 206 g/mol. The van der Waals surface area contributed by atoms with E-state index in [1.165, 1.54) is 7.11 Å². The molecule has 1 fully saturated rings. The molecular formula is C11H17N3O2. The highest BCUT2D eigenvalue weighted by Crippen LogP contribution is 2.27. The molecule has 0 aromatic carbocycles. The summed E-state index contributed by atoms with van der Waals surface area (Å²) >= 11 is 0. The molecule has 1 aromatic heterocycles. The number of aromatic nitrogens is 2. The van der Waals surface area contributed by atoms with Gasteiger partial charge in [0.15, 0.2) is 0 Å². The molecule has 2 atom stereocenters. The number of hydrogen-bond donors (Lipinski definition) is 0. The lowest BCUT2D eigenvalue weighted by Crippen LogP contribution is -2.25. The van der Waals surface area contributed by atoms with Gasteiger partial charge in [0, 0.05) is 32.5 Å². The molecule has 0 radical (unpaired) electrons. The van der Waals surface area contributed by atoms with Gasteiger partial charge in [0.05, 0.1) is 13.0 Å². The zero-order chi connectivity index (χ0) is 11.7. The third-order valence-corrected chi connectivity index (χ3v) is 3.19. The molecule has 0 aliphatic carbocycles. The number of anilines is 1. The third kappa shape index (κ3) is 1.77. The van der Waals surface area contributed by atoms with Gasteiger partial charge in [-0.05, 0) is 5.92 Å². The predicted molar refractivity (Wildman–Crippen MR) is 60.1 cm³/mol. The van der Waals surface area contributed by atoms with E-state index in [0.29, 0.717) is 12.5 Å². The van der Waals surface area contributed by atoms with E-state index in [9.17, 15) is 4.79 Å². The second-order valence-electron chi connectivity index (χ2n) is 4.35. The fourth-order valence-corrected chi connectivity index (χ4v) is 2.25. The molecule has 0 N–H and O–H groups in total. The first-order valence-corrected chi connectivity index (χ1v) is 5.43. The van der Waals surface area contributed by atoms with E-state index >= 15 is 0 Å². The van der Waals surface area contributed by atoms with Gasteiger partial charge in [-0.3, -0.25) is 4.79 Å². The van der Waals surface area contributed by atoms with Gasteiger partial charge < -0.3 is 14.2 Å². The summed E-state index contributed by atoms with van der Waals surface area (Å²) in [7, 11) is 3.40. The number of carbonyl (C=O) groups excluding carboxylic acids is 1. The summed E-state index contributed by atoms with van der Waals surface area (Å²) in [5.41, 5.74) is 0. The fourth-order valence-electron chi connectivity index (χ4n) is 2.25. The largest absolute Gasteiger partial charge is 0.469 e. The third-order valence-electron chi connectivity index (χ3n) is 3.19. The average Bonchev–Trinajstić information content (AvgIpc) is 2.83. The summed E-state index contributed by atoms with van der Waals surface area (Å²) in [6.45, 7) is 3.62. The van der Waals surface area contributed by atoms with Crippen LogP contribution in [0, 0.1) is 11.8 Å². The topological polar surface area (TPSA) is 47.4 Å². The molecule has 16 heavy (non-hydrogen) atoms. The Labute approximate surface area is 95.0 Å². The number of aryl methyl sites for hydroxylation is 1. The van der Waals surface area contributed by atoms with Crippen LogP contribution in [0.15, 0.2) is 12.4 Å². The monoisotopic (exact) mass is 223 g/mol. The lowest BCUT2D eigenvalue weighted by atomic mass is 9.99. The van der Waals surface area contributed by atoms with Crippen LogP contribution in [0.3, 0.4) is 0 Å². The molecule has 1 aliphatic heterocycles. The lowest BCUT2D eigenvalue weighted by Gasteiger charge is -2.16. The van der Waals surface area contributed by atoms with Crippen LogP contribution in [0.2, 0.25) is 0 Å². The lowest BCUT2D eigenvalue weighted by molar-refractivity contribution is -0.145. The van der Waals surface area contributed by atoms with Gasteiger partial charge in [-0.2, -0.15) is 0 Å². The summed E-state index contributed by atoms with van der Waals surface area (Å²) in [5.74, 6) is 1.06. The zero-order valence-corrected chi connectivity index (χ0v) is 9.88. The number of carbonyl (C=O) groups is 1.